The van der Waals surface area contributed by atoms with Crippen LogP contribution in [0.5, 0.6) is 0 Å². The molecule has 0 bridgehead atoms. The third-order valence-corrected chi connectivity index (χ3v) is 2.15. The van der Waals surface area contributed by atoms with E-state index < -0.39 is 11.7 Å². The Morgan fingerprint density at radius 2 is 2.06 bits per heavy atom. The van der Waals surface area contributed by atoms with Crippen LogP contribution in [0.25, 0.3) is 0 Å². The Balaban J connectivity index is 2.57. The van der Waals surface area contributed by atoms with Gasteiger partial charge in [-0.15, -0.1) is 0 Å². The minimum atomic E-state index is -0.470. The summed E-state index contributed by atoms with van der Waals surface area (Å²) in [6.07, 6.45) is 0. The second-order valence-electron chi connectivity index (χ2n) is 3.81. The molecule has 1 amide bonds. The van der Waals surface area contributed by atoms with Crippen molar-refractivity contribution >= 4 is 11.7 Å². The minimum Gasteiger partial charge on any atom is -0.345 e. The molecule has 0 spiro atoms. The number of hydrogen-bond donors (Lipinski definition) is 1. The Morgan fingerprint density at radius 1 is 1.38 bits per heavy atom. The molecule has 0 unspecified atom stereocenters. The summed E-state index contributed by atoms with van der Waals surface area (Å²) in [6, 6.07) is 5.35. The van der Waals surface area contributed by atoms with Crippen LogP contribution in [0, 0.1) is 11.7 Å². The summed E-state index contributed by atoms with van der Waals surface area (Å²) < 4.78 is 12.8. The van der Waals surface area contributed by atoms with Gasteiger partial charge in [0.2, 0.25) is 0 Å². The monoisotopic (exact) mass is 223 g/mol. The fourth-order valence-corrected chi connectivity index (χ4v) is 1.10. The van der Waals surface area contributed by atoms with E-state index in [0.717, 1.165) is 6.07 Å². The van der Waals surface area contributed by atoms with Gasteiger partial charge in [-0.05, 0) is 18.2 Å². The van der Waals surface area contributed by atoms with Crippen LogP contribution in [-0.4, -0.2) is 18.2 Å². The summed E-state index contributed by atoms with van der Waals surface area (Å²) in [5.41, 5.74) is 0.219. The molecule has 0 heterocycles. The maximum absolute atomic E-state index is 12.8. The molecule has 0 radical (unpaired) electrons. The largest absolute Gasteiger partial charge is 0.345 e. The van der Waals surface area contributed by atoms with Crippen LogP contribution >= 0.6 is 0 Å². The third kappa shape index (κ3) is 3.46. The number of amides is 1. The molecule has 0 saturated heterocycles. The van der Waals surface area contributed by atoms with Gasteiger partial charge in [-0.2, -0.15) is 0 Å². The second-order valence-corrected chi connectivity index (χ2v) is 3.81. The van der Waals surface area contributed by atoms with Crippen LogP contribution in [0.2, 0.25) is 0 Å². The number of carbonyl (C=O) groups excluding carboxylic acids is 2. The molecule has 0 aliphatic heterocycles. The van der Waals surface area contributed by atoms with Gasteiger partial charge in [-0.1, -0.05) is 19.9 Å². The van der Waals surface area contributed by atoms with Gasteiger partial charge < -0.3 is 5.32 Å². The molecule has 3 nitrogen and oxygen atoms in total. The Bertz CT molecular complexity index is 402. The molecule has 0 aliphatic carbocycles. The normalized spacial score (nSPS) is 10.2. The summed E-state index contributed by atoms with van der Waals surface area (Å²) in [5, 5.41) is 2.45. The zero-order valence-corrected chi connectivity index (χ0v) is 9.29. The highest BCUT2D eigenvalue weighted by Crippen LogP contribution is 2.03. The van der Waals surface area contributed by atoms with Gasteiger partial charge in [0.05, 0.1) is 6.54 Å². The highest BCUT2D eigenvalue weighted by atomic mass is 19.1. The molecule has 1 rings (SSSR count). The molecule has 4 heteroatoms. The number of halogens is 1. The van der Waals surface area contributed by atoms with Gasteiger partial charge in [0.1, 0.15) is 5.82 Å². The average molecular weight is 223 g/mol. The Kier molecular flexibility index (Phi) is 4.17. The maximum atomic E-state index is 12.8. The molecule has 0 aromatic heterocycles. The zero-order valence-electron chi connectivity index (χ0n) is 9.29. The SMILES string of the molecule is CC(C)C(=O)CNC(=O)c1cccc(F)c1. The molecule has 1 N–H and O–H groups in total. The molecule has 0 aliphatic rings. The molecule has 1 aromatic rings. The van der Waals surface area contributed by atoms with E-state index in [0.29, 0.717) is 0 Å². The van der Waals surface area contributed by atoms with Crippen molar-refractivity contribution in [3.8, 4) is 0 Å². The first kappa shape index (κ1) is 12.4. The van der Waals surface area contributed by atoms with E-state index >= 15 is 0 Å². The molecular formula is C12H14FNO2. The molecule has 16 heavy (non-hydrogen) atoms. The number of hydrogen-bond acceptors (Lipinski definition) is 2. The van der Waals surface area contributed by atoms with Crippen LogP contribution in [0.1, 0.15) is 24.2 Å². The molecule has 0 atom stereocenters. The van der Waals surface area contributed by atoms with Gasteiger partial charge in [0, 0.05) is 11.5 Å². The van der Waals surface area contributed by atoms with Gasteiger partial charge in [0.25, 0.3) is 5.91 Å². The van der Waals surface area contributed by atoms with Crippen molar-refractivity contribution in [1.29, 1.82) is 0 Å². The summed E-state index contributed by atoms with van der Waals surface area (Å²) in [7, 11) is 0. The standard InChI is InChI=1S/C12H14FNO2/c1-8(2)11(15)7-14-12(16)9-4-3-5-10(13)6-9/h3-6,8H,7H2,1-2H3,(H,14,16). The summed E-state index contributed by atoms with van der Waals surface area (Å²) in [4.78, 5) is 22.8. The van der Waals surface area contributed by atoms with Gasteiger partial charge in [-0.25, -0.2) is 4.39 Å². The van der Waals surface area contributed by atoms with Crippen LogP contribution in [0.3, 0.4) is 0 Å². The molecule has 86 valence electrons. The summed E-state index contributed by atoms with van der Waals surface area (Å²) in [6.45, 7) is 3.50. The molecule has 1 aromatic carbocycles. The van der Waals surface area contributed by atoms with E-state index in [1.807, 2.05) is 0 Å². The highest BCUT2D eigenvalue weighted by molar-refractivity contribution is 5.96. The quantitative estimate of drug-likeness (QED) is 0.845. The van der Waals surface area contributed by atoms with E-state index in [9.17, 15) is 14.0 Å². The van der Waals surface area contributed by atoms with Gasteiger partial charge >= 0.3 is 0 Å². The second kappa shape index (κ2) is 5.39. The van der Waals surface area contributed by atoms with E-state index in [4.69, 9.17) is 0 Å². The summed E-state index contributed by atoms with van der Waals surface area (Å²) >= 11 is 0. The Labute approximate surface area is 93.7 Å². The lowest BCUT2D eigenvalue weighted by Crippen LogP contribution is -2.31. The van der Waals surface area contributed by atoms with Crippen molar-refractivity contribution in [2.75, 3.05) is 6.54 Å². The zero-order chi connectivity index (χ0) is 12.1. The predicted octanol–water partition coefficient (Wildman–Crippen LogP) is 1.78. The van der Waals surface area contributed by atoms with Gasteiger partial charge in [0.15, 0.2) is 5.78 Å². The lowest BCUT2D eigenvalue weighted by Gasteiger charge is -2.06. The average Bonchev–Trinajstić information content (AvgIpc) is 2.25. The van der Waals surface area contributed by atoms with Crippen LogP contribution < -0.4 is 5.32 Å². The van der Waals surface area contributed by atoms with Crippen LogP contribution in [-0.2, 0) is 4.79 Å². The fraction of sp³-hybridized carbons (Fsp3) is 0.333. The number of carbonyl (C=O) groups is 2. The molecule has 0 saturated carbocycles. The predicted molar refractivity (Wildman–Crippen MR) is 58.6 cm³/mol. The number of benzene rings is 1. The first-order chi connectivity index (χ1) is 7.50. The van der Waals surface area contributed by atoms with Crippen molar-refractivity contribution in [1.82, 2.24) is 5.32 Å². The molecule has 0 fully saturated rings. The smallest absolute Gasteiger partial charge is 0.251 e. The fourth-order valence-electron chi connectivity index (χ4n) is 1.10. The summed E-state index contributed by atoms with van der Waals surface area (Å²) in [5.74, 6) is -1.08. The lowest BCUT2D eigenvalue weighted by atomic mass is 10.1. The first-order valence-corrected chi connectivity index (χ1v) is 5.07. The number of rotatable bonds is 4. The van der Waals surface area contributed by atoms with Crippen molar-refractivity contribution in [3.63, 3.8) is 0 Å². The number of ketones is 1. The van der Waals surface area contributed by atoms with E-state index in [-0.39, 0.29) is 23.8 Å². The number of Topliss-reactive ketones (excluding diaryl/α,β-unsaturated/α-hetero) is 1. The van der Waals surface area contributed by atoms with E-state index in [1.54, 1.807) is 13.8 Å². The van der Waals surface area contributed by atoms with Crippen LogP contribution in [0.15, 0.2) is 24.3 Å². The van der Waals surface area contributed by atoms with Crippen LogP contribution in [0.4, 0.5) is 4.39 Å². The number of nitrogens with one attached hydrogen (secondary N) is 1. The third-order valence-electron chi connectivity index (χ3n) is 2.15. The van der Waals surface area contributed by atoms with Crippen molar-refractivity contribution in [2.24, 2.45) is 5.92 Å². The highest BCUT2D eigenvalue weighted by Gasteiger charge is 2.10. The molecular weight excluding hydrogens is 209 g/mol. The lowest BCUT2D eigenvalue weighted by molar-refractivity contribution is -0.120. The van der Waals surface area contributed by atoms with Crippen molar-refractivity contribution < 1.29 is 14.0 Å². The first-order valence-electron chi connectivity index (χ1n) is 5.07. The van der Waals surface area contributed by atoms with Crippen molar-refractivity contribution in [3.05, 3.63) is 35.6 Å². The van der Waals surface area contributed by atoms with E-state index in [1.165, 1.54) is 18.2 Å². The maximum Gasteiger partial charge on any atom is 0.251 e. The Morgan fingerprint density at radius 3 is 2.62 bits per heavy atom. The minimum absolute atomic E-state index is 0.0208. The van der Waals surface area contributed by atoms with E-state index in [2.05, 4.69) is 5.32 Å². The topological polar surface area (TPSA) is 46.2 Å². The van der Waals surface area contributed by atoms with Crippen molar-refractivity contribution in [2.45, 2.75) is 13.8 Å². The Hall–Kier alpha value is -1.71. The van der Waals surface area contributed by atoms with Gasteiger partial charge in [-0.3, -0.25) is 9.59 Å².